The van der Waals surface area contributed by atoms with E-state index in [0.29, 0.717) is 0 Å². The lowest BCUT2D eigenvalue weighted by atomic mass is 10.1. The Kier molecular flexibility index (Phi) is 5.03. The summed E-state index contributed by atoms with van der Waals surface area (Å²) in [5, 5.41) is 3.37. The number of nitrogens with one attached hydrogen (secondary N) is 1. The van der Waals surface area contributed by atoms with Crippen molar-refractivity contribution in [3.05, 3.63) is 40.4 Å². The van der Waals surface area contributed by atoms with Gasteiger partial charge in [0.15, 0.2) is 0 Å². The maximum Gasteiger partial charge on any atom is 0.123 e. The second-order valence-electron chi connectivity index (χ2n) is 3.87. The molecule has 88 valence electrons. The first kappa shape index (κ1) is 13.3. The molecule has 0 amide bonds. The molecular formula is C13H18BrNO. The molecule has 0 saturated heterocycles. The molecule has 1 unspecified atom stereocenters. The maximum absolute atomic E-state index is 5.38. The van der Waals surface area contributed by atoms with Crippen LogP contribution in [0.2, 0.25) is 0 Å². The number of hydrogen-bond acceptors (Lipinski definition) is 2. The fourth-order valence-electron chi connectivity index (χ4n) is 1.55. The molecule has 16 heavy (non-hydrogen) atoms. The maximum atomic E-state index is 5.38. The Morgan fingerprint density at radius 1 is 1.56 bits per heavy atom. The van der Waals surface area contributed by atoms with Crippen molar-refractivity contribution in [1.29, 1.82) is 0 Å². The highest BCUT2D eigenvalue weighted by molar-refractivity contribution is 9.11. The summed E-state index contributed by atoms with van der Waals surface area (Å²) in [5.41, 5.74) is 2.37. The van der Waals surface area contributed by atoms with E-state index in [1.807, 2.05) is 0 Å². The second kappa shape index (κ2) is 6.06. The van der Waals surface area contributed by atoms with Crippen LogP contribution in [0.5, 0.6) is 5.75 Å². The van der Waals surface area contributed by atoms with Gasteiger partial charge in [-0.3, -0.25) is 0 Å². The molecule has 2 nitrogen and oxygen atoms in total. The molecule has 0 aliphatic carbocycles. The van der Waals surface area contributed by atoms with Crippen LogP contribution in [-0.2, 0) is 0 Å². The van der Waals surface area contributed by atoms with Crippen LogP contribution >= 0.6 is 15.9 Å². The first-order chi connectivity index (χ1) is 7.54. The van der Waals surface area contributed by atoms with Crippen LogP contribution in [-0.4, -0.2) is 13.7 Å². The molecule has 0 radical (unpaired) electrons. The average Bonchev–Trinajstić information content (AvgIpc) is 2.25. The monoisotopic (exact) mass is 283 g/mol. The minimum atomic E-state index is 0.241. The lowest BCUT2D eigenvalue weighted by Gasteiger charge is -2.17. The molecule has 0 saturated carbocycles. The highest BCUT2D eigenvalue weighted by Gasteiger charge is 2.10. The molecule has 0 fully saturated rings. The molecule has 1 N–H and O–H groups in total. The van der Waals surface area contributed by atoms with Gasteiger partial charge in [-0.25, -0.2) is 0 Å². The minimum Gasteiger partial charge on any atom is -0.496 e. The van der Waals surface area contributed by atoms with Crippen molar-refractivity contribution in [3.63, 3.8) is 0 Å². The largest absolute Gasteiger partial charge is 0.496 e. The van der Waals surface area contributed by atoms with Gasteiger partial charge in [0.05, 0.1) is 7.11 Å². The van der Waals surface area contributed by atoms with Crippen molar-refractivity contribution in [2.24, 2.45) is 0 Å². The molecule has 0 heterocycles. The van der Waals surface area contributed by atoms with Crippen molar-refractivity contribution >= 4 is 15.9 Å². The van der Waals surface area contributed by atoms with Gasteiger partial charge < -0.3 is 10.1 Å². The Labute approximate surface area is 106 Å². The summed E-state index contributed by atoms with van der Waals surface area (Å²) in [5.74, 6) is 0.931. The van der Waals surface area contributed by atoms with Crippen LogP contribution in [0.15, 0.2) is 29.3 Å². The highest BCUT2D eigenvalue weighted by Crippen LogP contribution is 2.26. The van der Waals surface area contributed by atoms with E-state index in [9.17, 15) is 0 Å². The predicted octanol–water partition coefficient (Wildman–Crippen LogP) is 3.56. The normalized spacial score (nSPS) is 12.2. The van der Waals surface area contributed by atoms with Gasteiger partial charge in [-0.1, -0.05) is 34.6 Å². The number of benzene rings is 1. The van der Waals surface area contributed by atoms with Crippen LogP contribution in [0.3, 0.4) is 0 Å². The summed E-state index contributed by atoms with van der Waals surface area (Å²) in [6, 6.07) is 6.49. The summed E-state index contributed by atoms with van der Waals surface area (Å²) < 4.78 is 6.33. The predicted molar refractivity (Wildman–Crippen MR) is 72.2 cm³/mol. The zero-order valence-corrected chi connectivity index (χ0v) is 11.6. The first-order valence-electron chi connectivity index (χ1n) is 5.25. The molecule has 0 aliphatic rings. The molecule has 0 aliphatic heterocycles. The number of halogens is 1. The van der Waals surface area contributed by atoms with Crippen LogP contribution in [0.1, 0.15) is 24.1 Å². The lowest BCUT2D eigenvalue weighted by Crippen LogP contribution is -2.20. The molecular weight excluding hydrogens is 266 g/mol. The first-order valence-corrected chi connectivity index (χ1v) is 6.05. The Bertz CT molecular complexity index is 376. The third kappa shape index (κ3) is 3.65. The van der Waals surface area contributed by atoms with Crippen molar-refractivity contribution in [3.8, 4) is 5.75 Å². The van der Waals surface area contributed by atoms with E-state index >= 15 is 0 Å². The fraction of sp³-hybridized carbons (Fsp3) is 0.385. The highest BCUT2D eigenvalue weighted by atomic mass is 79.9. The average molecular weight is 284 g/mol. The SMILES string of the molecule is C=C(Br)CNC(C)c1ccc(C)cc1OC. The van der Waals surface area contributed by atoms with E-state index in [0.717, 1.165) is 16.8 Å². The smallest absolute Gasteiger partial charge is 0.123 e. The Morgan fingerprint density at radius 3 is 2.81 bits per heavy atom. The zero-order chi connectivity index (χ0) is 12.1. The number of hydrogen-bond donors (Lipinski definition) is 1. The Morgan fingerprint density at radius 2 is 2.25 bits per heavy atom. The van der Waals surface area contributed by atoms with Crippen molar-refractivity contribution in [1.82, 2.24) is 5.32 Å². The van der Waals surface area contributed by atoms with Gasteiger partial charge >= 0.3 is 0 Å². The van der Waals surface area contributed by atoms with Crippen molar-refractivity contribution in [2.75, 3.05) is 13.7 Å². The third-order valence-electron chi connectivity index (χ3n) is 2.46. The summed E-state index contributed by atoms with van der Waals surface area (Å²) in [4.78, 5) is 0. The topological polar surface area (TPSA) is 21.3 Å². The molecule has 0 spiro atoms. The summed E-state index contributed by atoms with van der Waals surface area (Å²) in [6.07, 6.45) is 0. The second-order valence-corrected chi connectivity index (χ2v) is 4.99. The number of rotatable bonds is 5. The zero-order valence-electron chi connectivity index (χ0n) is 10.0. The van der Waals surface area contributed by atoms with E-state index in [1.54, 1.807) is 7.11 Å². The number of methoxy groups -OCH3 is 1. The minimum absolute atomic E-state index is 0.241. The molecule has 1 aromatic carbocycles. The van der Waals surface area contributed by atoms with Crippen molar-refractivity contribution < 1.29 is 4.74 Å². The van der Waals surface area contributed by atoms with Crippen LogP contribution < -0.4 is 10.1 Å². The van der Waals surface area contributed by atoms with Crippen molar-refractivity contribution in [2.45, 2.75) is 19.9 Å². The van der Waals surface area contributed by atoms with Gasteiger partial charge in [-0.2, -0.15) is 0 Å². The fourth-order valence-corrected chi connectivity index (χ4v) is 1.71. The Hall–Kier alpha value is -0.800. The third-order valence-corrected chi connectivity index (χ3v) is 2.74. The van der Waals surface area contributed by atoms with E-state index in [4.69, 9.17) is 4.74 Å². The molecule has 1 aromatic rings. The molecule has 1 atom stereocenters. The summed E-state index contributed by atoms with van der Waals surface area (Å²) >= 11 is 3.33. The van der Waals surface area contributed by atoms with Gasteiger partial charge in [0.1, 0.15) is 5.75 Å². The standard InChI is InChI=1S/C13H18BrNO/c1-9-5-6-12(13(7-9)16-4)11(3)15-8-10(2)14/h5-7,11,15H,2,8H2,1,3-4H3. The van der Waals surface area contributed by atoms with Gasteiger partial charge in [0.25, 0.3) is 0 Å². The van der Waals surface area contributed by atoms with Gasteiger partial charge in [-0.05, 0) is 25.5 Å². The van der Waals surface area contributed by atoms with Crippen LogP contribution in [0, 0.1) is 6.92 Å². The van der Waals surface area contributed by atoms with E-state index in [2.05, 4.69) is 59.9 Å². The number of aryl methyl sites for hydroxylation is 1. The summed E-state index contributed by atoms with van der Waals surface area (Å²) in [7, 11) is 1.70. The molecule has 0 bridgehead atoms. The number of ether oxygens (including phenoxy) is 1. The summed E-state index contributed by atoms with van der Waals surface area (Å²) in [6.45, 7) is 8.72. The molecule has 3 heteroatoms. The van der Waals surface area contributed by atoms with E-state index in [1.165, 1.54) is 11.1 Å². The van der Waals surface area contributed by atoms with Gasteiger partial charge in [-0.15, -0.1) is 0 Å². The van der Waals surface area contributed by atoms with E-state index in [-0.39, 0.29) is 6.04 Å². The van der Waals surface area contributed by atoms with E-state index < -0.39 is 0 Å². The molecule has 0 aromatic heterocycles. The Balaban J connectivity index is 2.81. The van der Waals surface area contributed by atoms with Gasteiger partial charge in [0.2, 0.25) is 0 Å². The molecule has 1 rings (SSSR count). The lowest BCUT2D eigenvalue weighted by molar-refractivity contribution is 0.402. The quantitative estimate of drug-likeness (QED) is 0.892. The van der Waals surface area contributed by atoms with Crippen LogP contribution in [0.25, 0.3) is 0 Å². The van der Waals surface area contributed by atoms with Crippen LogP contribution in [0.4, 0.5) is 0 Å². The van der Waals surface area contributed by atoms with Gasteiger partial charge in [0, 0.05) is 22.6 Å².